The molecule has 6 rings (SSSR count). The summed E-state index contributed by atoms with van der Waals surface area (Å²) in [4.78, 5) is 50.1. The number of sulfone groups is 2. The summed E-state index contributed by atoms with van der Waals surface area (Å²) in [5, 5.41) is 3.42. The van der Waals surface area contributed by atoms with Crippen molar-refractivity contribution in [3.05, 3.63) is 70.8 Å². The maximum atomic E-state index is 12.8. The molecule has 298 valence electrons. The van der Waals surface area contributed by atoms with Gasteiger partial charge in [0.25, 0.3) is 11.8 Å². The Morgan fingerprint density at radius 2 is 1.25 bits per heavy atom. The Morgan fingerprint density at radius 1 is 0.764 bits per heavy atom. The average molecular weight is 911 g/mol. The third kappa shape index (κ3) is 9.05. The van der Waals surface area contributed by atoms with Crippen LogP contribution in [0.1, 0.15) is 34.6 Å². The first-order chi connectivity index (χ1) is 25.8. The van der Waals surface area contributed by atoms with Gasteiger partial charge in [-0.15, -0.1) is 0 Å². The van der Waals surface area contributed by atoms with Crippen LogP contribution in [0.4, 0.5) is 0 Å². The summed E-state index contributed by atoms with van der Waals surface area (Å²) in [7, 11) is -2.12. The van der Waals surface area contributed by atoms with Gasteiger partial charge in [-0.2, -0.15) is 0 Å². The van der Waals surface area contributed by atoms with Gasteiger partial charge in [0.2, 0.25) is 11.5 Å². The van der Waals surface area contributed by atoms with Gasteiger partial charge in [0.05, 0.1) is 54.4 Å². The lowest BCUT2D eigenvalue weighted by Gasteiger charge is -2.32. The van der Waals surface area contributed by atoms with Crippen LogP contribution in [0.15, 0.2) is 47.2 Å². The molecule has 2 aliphatic rings. The molecule has 0 aliphatic carbocycles. The highest BCUT2D eigenvalue weighted by Gasteiger charge is 2.33. The third-order valence-corrected chi connectivity index (χ3v) is 13.6. The molecule has 2 saturated heterocycles. The first-order valence-corrected chi connectivity index (χ1v) is 21.4. The van der Waals surface area contributed by atoms with Crippen molar-refractivity contribution in [2.75, 3.05) is 57.4 Å². The standard InChI is InChI=1S/C18H21ClN2O8S.C15H14BrClN2O5S/c1-9-8-30(24,25)6-5-21(9)20-17(22)12-13(19)10-7-11(26-2)15(27-3)16(28-4)14(10)29-18(12)23;1-8-7-25(22,23)5-4-19(8)18-14(20)12-13(17)10-6-9(16)2-3-11(10)24-15(12)21/h7,9H,5-6,8H2,1-4H3,(H,20,22);2-3,6,8H,4-5,7H2,1H3,(H,18,20). The second-order valence-electron chi connectivity index (χ2n) is 12.5. The minimum Gasteiger partial charge on any atom is -0.493 e. The predicted molar refractivity (Wildman–Crippen MR) is 207 cm³/mol. The molecule has 2 aliphatic heterocycles. The van der Waals surface area contributed by atoms with Crippen molar-refractivity contribution >= 4 is 92.6 Å². The molecule has 2 aromatic carbocycles. The Balaban J connectivity index is 0.000000214. The molecule has 2 fully saturated rings. The predicted octanol–water partition coefficient (Wildman–Crippen LogP) is 3.21. The summed E-state index contributed by atoms with van der Waals surface area (Å²) in [6.07, 6.45) is 0. The zero-order chi connectivity index (χ0) is 40.6. The Bertz CT molecular complexity index is 2530. The minimum atomic E-state index is -3.17. The van der Waals surface area contributed by atoms with E-state index in [1.807, 2.05) is 0 Å². The van der Waals surface area contributed by atoms with Crippen LogP contribution >= 0.6 is 39.1 Å². The van der Waals surface area contributed by atoms with E-state index in [0.29, 0.717) is 5.39 Å². The largest absolute Gasteiger partial charge is 0.493 e. The molecule has 17 nitrogen and oxygen atoms in total. The smallest absolute Gasteiger partial charge is 0.350 e. The number of carbonyl (C=O) groups excluding carboxylic acids is 2. The molecule has 2 amide bonds. The zero-order valence-corrected chi connectivity index (χ0v) is 34.6. The molecule has 2 unspecified atom stereocenters. The van der Waals surface area contributed by atoms with E-state index < -0.39 is 60.4 Å². The molecular weight excluding hydrogens is 875 g/mol. The lowest BCUT2D eigenvalue weighted by atomic mass is 10.1. The molecule has 22 heteroatoms. The van der Waals surface area contributed by atoms with Crippen LogP contribution in [-0.4, -0.2) is 108 Å². The molecule has 0 saturated carbocycles. The van der Waals surface area contributed by atoms with Gasteiger partial charge in [-0.25, -0.2) is 36.4 Å². The highest BCUT2D eigenvalue weighted by molar-refractivity contribution is 9.10. The first-order valence-electron chi connectivity index (χ1n) is 16.2. The van der Waals surface area contributed by atoms with Gasteiger partial charge < -0.3 is 23.0 Å². The Kier molecular flexibility index (Phi) is 12.8. The second-order valence-corrected chi connectivity index (χ2v) is 18.6. The van der Waals surface area contributed by atoms with E-state index >= 15 is 0 Å². The highest BCUT2D eigenvalue weighted by atomic mass is 79.9. The lowest BCUT2D eigenvalue weighted by Crippen LogP contribution is -2.55. The molecule has 0 spiro atoms. The molecule has 0 bridgehead atoms. The van der Waals surface area contributed by atoms with Crippen LogP contribution in [0.25, 0.3) is 21.9 Å². The molecule has 4 heterocycles. The summed E-state index contributed by atoms with van der Waals surface area (Å²) < 4.78 is 73.8. The van der Waals surface area contributed by atoms with Crippen molar-refractivity contribution in [2.45, 2.75) is 25.9 Å². The third-order valence-electron chi connectivity index (χ3n) is 8.73. The fourth-order valence-corrected chi connectivity index (χ4v) is 10.1. The Labute approximate surface area is 332 Å². The number of nitrogens with one attached hydrogen (secondary N) is 2. The normalized spacial score (nSPS) is 19.6. The number of hydrogen-bond donors (Lipinski definition) is 2. The van der Waals surface area contributed by atoms with E-state index in [1.165, 1.54) is 37.4 Å². The highest BCUT2D eigenvalue weighted by Crippen LogP contribution is 2.45. The van der Waals surface area contributed by atoms with E-state index in [9.17, 15) is 36.0 Å². The van der Waals surface area contributed by atoms with Crippen LogP contribution in [0.2, 0.25) is 10.0 Å². The maximum absolute atomic E-state index is 12.8. The SMILES string of the molecule is CC1CS(=O)(=O)CCN1NC(=O)c1c(Cl)c2cc(Br)ccc2oc1=O.COc1cc2c(Cl)c(C(=O)NN3CCS(=O)(=O)CC3C)c(=O)oc2c(OC)c1OC. The lowest BCUT2D eigenvalue weighted by molar-refractivity contribution is 0.0722. The van der Waals surface area contributed by atoms with E-state index in [1.54, 1.807) is 32.0 Å². The van der Waals surface area contributed by atoms with Crippen LogP contribution < -0.4 is 36.3 Å². The van der Waals surface area contributed by atoms with Crippen molar-refractivity contribution in [1.29, 1.82) is 0 Å². The van der Waals surface area contributed by atoms with E-state index in [4.69, 9.17) is 46.2 Å². The van der Waals surface area contributed by atoms with E-state index in [-0.39, 0.29) is 85.5 Å². The molecule has 4 aromatic rings. The van der Waals surface area contributed by atoms with Crippen LogP contribution in [-0.2, 0) is 19.7 Å². The van der Waals surface area contributed by atoms with Crippen molar-refractivity contribution in [1.82, 2.24) is 20.9 Å². The number of ether oxygens (including phenoxy) is 3. The maximum Gasteiger partial charge on any atom is 0.350 e. The number of carbonyl (C=O) groups is 2. The zero-order valence-electron chi connectivity index (χ0n) is 29.9. The van der Waals surface area contributed by atoms with E-state index in [2.05, 4.69) is 26.8 Å². The number of hydrogen-bond acceptors (Lipinski definition) is 15. The Hall–Kier alpha value is -3.92. The van der Waals surface area contributed by atoms with Crippen molar-refractivity contribution in [2.24, 2.45) is 0 Å². The van der Waals surface area contributed by atoms with Crippen molar-refractivity contribution < 1.29 is 49.5 Å². The first kappa shape index (κ1) is 42.2. The van der Waals surface area contributed by atoms with Gasteiger partial charge >= 0.3 is 11.3 Å². The van der Waals surface area contributed by atoms with Gasteiger partial charge in [0, 0.05) is 40.4 Å². The average Bonchev–Trinajstić information content (AvgIpc) is 3.10. The van der Waals surface area contributed by atoms with Gasteiger partial charge in [0.1, 0.15) is 16.7 Å². The fraction of sp³-hybridized carbons (Fsp3) is 0.394. The minimum absolute atomic E-state index is 0.000802. The van der Waals surface area contributed by atoms with Crippen molar-refractivity contribution in [3.63, 3.8) is 0 Å². The summed E-state index contributed by atoms with van der Waals surface area (Å²) >= 11 is 16.0. The topological polar surface area (TPSA) is 221 Å². The van der Waals surface area contributed by atoms with E-state index in [0.717, 1.165) is 4.47 Å². The van der Waals surface area contributed by atoms with Crippen molar-refractivity contribution in [3.8, 4) is 17.2 Å². The molecule has 55 heavy (non-hydrogen) atoms. The number of nitrogens with zero attached hydrogens (tertiary/aromatic N) is 2. The number of benzene rings is 2. The van der Waals surface area contributed by atoms with Gasteiger partial charge in [-0.1, -0.05) is 39.1 Å². The number of halogens is 3. The number of fused-ring (bicyclic) bond motifs is 2. The van der Waals surface area contributed by atoms with Gasteiger partial charge in [0.15, 0.2) is 31.0 Å². The summed E-state index contributed by atoms with van der Waals surface area (Å²) in [5.41, 5.74) is 2.81. The summed E-state index contributed by atoms with van der Waals surface area (Å²) in [6.45, 7) is 3.56. The monoisotopic (exact) mass is 908 g/mol. The van der Waals surface area contributed by atoms with Gasteiger partial charge in [-0.3, -0.25) is 20.4 Å². The number of hydrazine groups is 2. The molecular formula is C33H35BrCl2N4O13S2. The second kappa shape index (κ2) is 16.7. The fourth-order valence-electron chi connectivity index (χ4n) is 5.99. The molecule has 2 atom stereocenters. The molecule has 0 radical (unpaired) electrons. The van der Waals surface area contributed by atoms with Gasteiger partial charge in [-0.05, 0) is 38.1 Å². The molecule has 2 N–H and O–H groups in total. The van der Waals surface area contributed by atoms with Crippen LogP contribution in [0.3, 0.4) is 0 Å². The summed E-state index contributed by atoms with van der Waals surface area (Å²) in [6, 6.07) is 5.50. The molecule has 2 aromatic heterocycles. The number of rotatable bonds is 7. The summed E-state index contributed by atoms with van der Waals surface area (Å²) in [5.74, 6) is -1.33. The van der Waals surface area contributed by atoms with Crippen LogP contribution in [0, 0.1) is 0 Å². The number of amides is 2. The Morgan fingerprint density at radius 3 is 1.73 bits per heavy atom. The number of methoxy groups -OCH3 is 3. The quantitative estimate of drug-likeness (QED) is 0.254. The van der Waals surface area contributed by atoms with Crippen LogP contribution in [0.5, 0.6) is 17.2 Å².